The van der Waals surface area contributed by atoms with Gasteiger partial charge in [0.05, 0.1) is 0 Å². The number of hydrogen-bond donors (Lipinski definition) is 2. The summed E-state index contributed by atoms with van der Waals surface area (Å²) in [5.41, 5.74) is 7.58. The molecule has 40 heavy (non-hydrogen) atoms. The molecule has 2 N–H and O–H groups in total. The smallest absolute Gasteiger partial charge is 0.211 e. The number of benzene rings is 4. The van der Waals surface area contributed by atoms with Crippen LogP contribution in [0.2, 0.25) is 0 Å². The molecule has 6 aromatic rings. The van der Waals surface area contributed by atoms with Crippen molar-refractivity contribution < 1.29 is 19.3 Å². The summed E-state index contributed by atoms with van der Waals surface area (Å²) >= 11 is 6.93. The lowest BCUT2D eigenvalue weighted by Gasteiger charge is -2.07. The highest BCUT2D eigenvalue weighted by molar-refractivity contribution is 9.10. The van der Waals surface area contributed by atoms with E-state index in [0.717, 1.165) is 53.7 Å². The lowest BCUT2D eigenvalue weighted by molar-refractivity contribution is -0.596. The molecule has 0 amide bonds. The Kier molecular flexibility index (Phi) is 7.20. The fourth-order valence-electron chi connectivity index (χ4n) is 4.67. The molecule has 0 atom stereocenters. The fourth-order valence-corrected chi connectivity index (χ4v) is 5.20. The SMILES string of the molecule is Oc1ccc(-[n+]2ccc(-c3cc[n+](-c4ccc(O)c(-c5ccc(Br)cc5)c4)cc3)cc2)cc1-c1ccc(Br)cc1. The van der Waals surface area contributed by atoms with Crippen molar-refractivity contribution in [2.45, 2.75) is 0 Å². The van der Waals surface area contributed by atoms with Gasteiger partial charge in [-0.05, 0) is 58.7 Å². The van der Waals surface area contributed by atoms with Crippen molar-refractivity contribution in [3.8, 4) is 56.3 Å². The summed E-state index contributed by atoms with van der Waals surface area (Å²) in [6, 6.07) is 35.4. The number of aromatic hydroxyl groups is 2. The second-order valence-electron chi connectivity index (χ2n) is 9.40. The minimum Gasteiger partial charge on any atom is -0.507 e. The minimum absolute atomic E-state index is 0.249. The Balaban J connectivity index is 1.24. The monoisotopic (exact) mass is 650 g/mol. The highest BCUT2D eigenvalue weighted by Crippen LogP contribution is 2.32. The van der Waals surface area contributed by atoms with Gasteiger partial charge in [-0.3, -0.25) is 0 Å². The zero-order chi connectivity index (χ0) is 27.6. The summed E-state index contributed by atoms with van der Waals surface area (Å²) in [7, 11) is 0. The van der Waals surface area contributed by atoms with E-state index in [0.29, 0.717) is 0 Å². The predicted octanol–water partition coefficient (Wildman–Crippen LogP) is 8.18. The van der Waals surface area contributed by atoms with Gasteiger partial charge in [0.2, 0.25) is 11.4 Å². The van der Waals surface area contributed by atoms with Crippen LogP contribution in [0.5, 0.6) is 11.5 Å². The molecule has 0 radical (unpaired) electrons. The zero-order valence-electron chi connectivity index (χ0n) is 21.2. The maximum atomic E-state index is 10.5. The molecule has 194 valence electrons. The first-order chi connectivity index (χ1) is 19.4. The summed E-state index contributed by atoms with van der Waals surface area (Å²) < 4.78 is 6.07. The molecule has 0 saturated carbocycles. The minimum atomic E-state index is 0.249. The van der Waals surface area contributed by atoms with Gasteiger partial charge in [0.25, 0.3) is 0 Å². The number of phenols is 2. The van der Waals surface area contributed by atoms with Crippen LogP contribution in [0.3, 0.4) is 0 Å². The lowest BCUT2D eigenvalue weighted by atomic mass is 10.0. The molecule has 0 spiro atoms. The average molecular weight is 652 g/mol. The third-order valence-corrected chi connectivity index (χ3v) is 7.92. The van der Waals surface area contributed by atoms with E-state index in [1.807, 2.05) is 107 Å². The normalized spacial score (nSPS) is 10.9. The highest BCUT2D eigenvalue weighted by Gasteiger charge is 2.15. The Labute approximate surface area is 249 Å². The maximum Gasteiger partial charge on any atom is 0.211 e. The number of rotatable bonds is 5. The van der Waals surface area contributed by atoms with Crippen molar-refractivity contribution in [1.29, 1.82) is 0 Å². The molecule has 6 rings (SSSR count). The zero-order valence-corrected chi connectivity index (χ0v) is 24.4. The van der Waals surface area contributed by atoms with Crippen molar-refractivity contribution in [2.24, 2.45) is 0 Å². The van der Waals surface area contributed by atoms with Gasteiger partial charge in [0, 0.05) is 68.6 Å². The molecule has 0 fully saturated rings. The van der Waals surface area contributed by atoms with Crippen molar-refractivity contribution >= 4 is 31.9 Å². The molecule has 2 heterocycles. The van der Waals surface area contributed by atoms with Gasteiger partial charge in [-0.15, -0.1) is 0 Å². The van der Waals surface area contributed by atoms with E-state index in [-0.39, 0.29) is 11.5 Å². The third kappa shape index (κ3) is 5.41. The molecular formula is C34H24Br2N2O2+2. The van der Waals surface area contributed by atoms with Gasteiger partial charge < -0.3 is 10.2 Å². The number of nitrogens with zero attached hydrogens (tertiary/aromatic N) is 2. The van der Waals surface area contributed by atoms with Gasteiger partial charge in [-0.1, -0.05) is 56.1 Å². The average Bonchev–Trinajstić information content (AvgIpc) is 2.99. The summed E-state index contributed by atoms with van der Waals surface area (Å²) in [5, 5.41) is 20.9. The largest absolute Gasteiger partial charge is 0.507 e. The number of pyridine rings is 2. The molecule has 6 heteroatoms. The van der Waals surface area contributed by atoms with E-state index in [1.165, 1.54) is 0 Å². The van der Waals surface area contributed by atoms with Crippen molar-refractivity contribution in [3.05, 3.63) is 143 Å². The highest BCUT2D eigenvalue weighted by atomic mass is 79.9. The lowest BCUT2D eigenvalue weighted by Crippen LogP contribution is -2.29. The van der Waals surface area contributed by atoms with Crippen molar-refractivity contribution in [2.75, 3.05) is 0 Å². The first-order valence-electron chi connectivity index (χ1n) is 12.7. The van der Waals surface area contributed by atoms with Crippen LogP contribution in [0.4, 0.5) is 0 Å². The molecule has 0 bridgehead atoms. The topological polar surface area (TPSA) is 48.2 Å². The third-order valence-electron chi connectivity index (χ3n) is 6.86. The molecule has 0 saturated heterocycles. The molecular weight excluding hydrogens is 628 g/mol. The Bertz CT molecular complexity index is 1660. The first-order valence-corrected chi connectivity index (χ1v) is 14.2. The second-order valence-corrected chi connectivity index (χ2v) is 11.2. The Morgan fingerprint density at radius 2 is 0.750 bits per heavy atom. The number of phenolic OH excluding ortho intramolecular Hbond substituents is 2. The van der Waals surface area contributed by atoms with E-state index in [9.17, 15) is 10.2 Å². The molecule has 0 aliphatic carbocycles. The Morgan fingerprint density at radius 3 is 1.10 bits per heavy atom. The predicted molar refractivity (Wildman–Crippen MR) is 165 cm³/mol. The molecule has 2 aromatic heterocycles. The van der Waals surface area contributed by atoms with Crippen LogP contribution in [0.25, 0.3) is 44.8 Å². The first kappa shape index (κ1) is 26.0. The second kappa shape index (κ2) is 11.1. The van der Waals surface area contributed by atoms with E-state index >= 15 is 0 Å². The molecule has 4 aromatic carbocycles. The maximum absolute atomic E-state index is 10.5. The van der Waals surface area contributed by atoms with E-state index in [1.54, 1.807) is 12.1 Å². The van der Waals surface area contributed by atoms with E-state index < -0.39 is 0 Å². The number of aromatic nitrogens is 2. The van der Waals surface area contributed by atoms with Crippen LogP contribution in [-0.4, -0.2) is 10.2 Å². The van der Waals surface area contributed by atoms with E-state index in [2.05, 4.69) is 56.1 Å². The summed E-state index contributed by atoms with van der Waals surface area (Å²) in [5.74, 6) is 0.497. The van der Waals surface area contributed by atoms with Gasteiger partial charge in [-0.2, -0.15) is 9.13 Å². The fraction of sp³-hybridized carbons (Fsp3) is 0. The van der Waals surface area contributed by atoms with E-state index in [4.69, 9.17) is 0 Å². The van der Waals surface area contributed by atoms with Crippen LogP contribution in [0, 0.1) is 0 Å². The van der Waals surface area contributed by atoms with Crippen LogP contribution >= 0.6 is 31.9 Å². The van der Waals surface area contributed by atoms with Gasteiger partial charge in [0.15, 0.2) is 24.8 Å². The van der Waals surface area contributed by atoms with Crippen LogP contribution in [-0.2, 0) is 0 Å². The Hall–Kier alpha value is -4.26. The van der Waals surface area contributed by atoms with Crippen LogP contribution in [0.1, 0.15) is 0 Å². The van der Waals surface area contributed by atoms with Crippen LogP contribution in [0.15, 0.2) is 143 Å². The summed E-state index contributed by atoms with van der Waals surface area (Å²) in [4.78, 5) is 0. The van der Waals surface area contributed by atoms with Crippen molar-refractivity contribution in [3.63, 3.8) is 0 Å². The van der Waals surface area contributed by atoms with Crippen LogP contribution < -0.4 is 9.13 Å². The van der Waals surface area contributed by atoms with Gasteiger partial charge in [-0.25, -0.2) is 0 Å². The number of hydrogen-bond acceptors (Lipinski definition) is 2. The molecule has 4 nitrogen and oxygen atoms in total. The summed E-state index contributed by atoms with van der Waals surface area (Å²) in [6.45, 7) is 0. The molecule has 0 aliphatic heterocycles. The molecule has 0 aliphatic rings. The van der Waals surface area contributed by atoms with Crippen molar-refractivity contribution in [1.82, 2.24) is 0 Å². The quantitative estimate of drug-likeness (QED) is 0.185. The molecule has 0 unspecified atom stereocenters. The number of halogens is 2. The Morgan fingerprint density at radius 1 is 0.400 bits per heavy atom. The summed E-state index contributed by atoms with van der Waals surface area (Å²) in [6.07, 6.45) is 8.11. The standard InChI is InChI=1S/C34H22Br2N2O2/c35-27-5-1-25(2-6-27)31-21-29(9-11-33(31)39)37-17-13-23(14-18-37)24-15-19-38(20-16-24)30-10-12-34(40)32(22-30)26-3-7-28(36)8-4-26/h1-22H/p+2. The van der Waals surface area contributed by atoms with Gasteiger partial charge in [0.1, 0.15) is 11.5 Å². The van der Waals surface area contributed by atoms with Gasteiger partial charge >= 0.3 is 0 Å².